The highest BCUT2D eigenvalue weighted by molar-refractivity contribution is 5.41. The summed E-state index contributed by atoms with van der Waals surface area (Å²) in [6, 6.07) is 14.8. The van der Waals surface area contributed by atoms with Gasteiger partial charge in [-0.1, -0.05) is 36.9 Å². The molecule has 0 saturated carbocycles. The van der Waals surface area contributed by atoms with Crippen LogP contribution in [-0.2, 0) is 12.8 Å². The Morgan fingerprint density at radius 1 is 0.971 bits per heavy atom. The van der Waals surface area contributed by atoms with E-state index in [1.54, 1.807) is 4.52 Å². The first-order valence-electron chi connectivity index (χ1n) is 12.2. The number of hydrogen-bond donors (Lipinski definition) is 0. The molecule has 4 aromatic rings. The van der Waals surface area contributed by atoms with Gasteiger partial charge >= 0.3 is 0 Å². The Bertz CT molecular complexity index is 1290. The topological polar surface area (TPSA) is 64.1 Å². The van der Waals surface area contributed by atoms with Gasteiger partial charge in [0.2, 0.25) is 0 Å². The quantitative estimate of drug-likeness (QED) is 0.406. The molecule has 0 N–H and O–H groups in total. The summed E-state index contributed by atoms with van der Waals surface area (Å²) >= 11 is 0. The average Bonchev–Trinajstić information content (AvgIpc) is 3.37. The van der Waals surface area contributed by atoms with Gasteiger partial charge in [0, 0.05) is 24.5 Å². The standard InChI is InChI=1S/C27H33N7/c1-19(32-16-14-24(15-17-32)18-23-8-6-5-7-9-23)10-11-25-20(2)30-33(21(25)3)27-13-12-26-29-28-22(4)34(26)31-27/h5-9,12-13,24H,1,10-11,14-18H2,2-4H3. The summed E-state index contributed by atoms with van der Waals surface area (Å²) in [4.78, 5) is 2.49. The number of rotatable bonds is 7. The van der Waals surface area contributed by atoms with Gasteiger partial charge in [-0.15, -0.1) is 15.3 Å². The largest absolute Gasteiger partial charge is 0.375 e. The lowest BCUT2D eigenvalue weighted by molar-refractivity contribution is 0.221. The normalized spacial score (nSPS) is 14.7. The van der Waals surface area contributed by atoms with Crippen molar-refractivity contribution in [3.05, 3.63) is 83.1 Å². The van der Waals surface area contributed by atoms with Crippen LogP contribution in [0.5, 0.6) is 0 Å². The molecule has 34 heavy (non-hydrogen) atoms. The molecular weight excluding hydrogens is 422 g/mol. The Hall–Kier alpha value is -3.48. The van der Waals surface area contributed by atoms with Crippen molar-refractivity contribution in [1.82, 2.24) is 34.5 Å². The van der Waals surface area contributed by atoms with E-state index >= 15 is 0 Å². The summed E-state index contributed by atoms with van der Waals surface area (Å²) in [5.74, 6) is 2.32. The number of benzene rings is 1. The molecule has 7 nitrogen and oxygen atoms in total. The van der Waals surface area contributed by atoms with Crippen molar-refractivity contribution in [2.75, 3.05) is 13.1 Å². The minimum Gasteiger partial charge on any atom is -0.375 e. The van der Waals surface area contributed by atoms with Crippen LogP contribution in [0.2, 0.25) is 0 Å². The van der Waals surface area contributed by atoms with Crippen molar-refractivity contribution in [2.45, 2.75) is 52.9 Å². The van der Waals surface area contributed by atoms with Gasteiger partial charge in [0.1, 0.15) is 0 Å². The Kier molecular flexibility index (Phi) is 6.18. The Morgan fingerprint density at radius 2 is 1.74 bits per heavy atom. The van der Waals surface area contributed by atoms with E-state index in [1.165, 1.54) is 36.1 Å². The zero-order chi connectivity index (χ0) is 23.7. The smallest absolute Gasteiger partial charge is 0.178 e. The highest BCUT2D eigenvalue weighted by Gasteiger charge is 2.21. The van der Waals surface area contributed by atoms with Gasteiger partial charge in [0.15, 0.2) is 17.3 Å². The van der Waals surface area contributed by atoms with Gasteiger partial charge < -0.3 is 4.90 Å². The number of nitrogens with zero attached hydrogens (tertiary/aromatic N) is 7. The molecule has 1 aromatic carbocycles. The van der Waals surface area contributed by atoms with Crippen LogP contribution in [0.3, 0.4) is 0 Å². The van der Waals surface area contributed by atoms with Crippen LogP contribution in [-0.4, -0.2) is 47.6 Å². The molecule has 0 radical (unpaired) electrons. The van der Waals surface area contributed by atoms with Crippen LogP contribution in [0.1, 0.15) is 47.6 Å². The lowest BCUT2D eigenvalue weighted by atomic mass is 9.90. The third-order valence-electron chi connectivity index (χ3n) is 7.16. The van der Waals surface area contributed by atoms with Crippen LogP contribution in [0.4, 0.5) is 0 Å². The molecule has 0 spiro atoms. The summed E-state index contributed by atoms with van der Waals surface area (Å²) in [6.07, 6.45) is 5.55. The van der Waals surface area contributed by atoms with Crippen LogP contribution in [0.15, 0.2) is 54.7 Å². The molecule has 1 aliphatic heterocycles. The molecule has 176 valence electrons. The second-order valence-electron chi connectivity index (χ2n) is 9.46. The van der Waals surface area contributed by atoms with Gasteiger partial charge in [-0.2, -0.15) is 9.61 Å². The third-order valence-corrected chi connectivity index (χ3v) is 7.16. The number of aryl methyl sites for hydroxylation is 2. The minimum absolute atomic E-state index is 0.742. The zero-order valence-electron chi connectivity index (χ0n) is 20.4. The average molecular weight is 456 g/mol. The maximum atomic E-state index is 4.80. The van der Waals surface area contributed by atoms with Crippen molar-refractivity contribution < 1.29 is 0 Å². The number of hydrogen-bond acceptors (Lipinski definition) is 5. The van der Waals surface area contributed by atoms with E-state index in [9.17, 15) is 0 Å². The first kappa shape index (κ1) is 22.3. The number of allylic oxidation sites excluding steroid dienone is 1. The first-order chi connectivity index (χ1) is 16.5. The maximum Gasteiger partial charge on any atom is 0.178 e. The van der Waals surface area contributed by atoms with Crippen LogP contribution in [0, 0.1) is 26.7 Å². The summed E-state index contributed by atoms with van der Waals surface area (Å²) in [5, 5.41) is 17.7. The van der Waals surface area contributed by atoms with E-state index in [0.29, 0.717) is 0 Å². The molecule has 5 rings (SSSR count). The monoisotopic (exact) mass is 455 g/mol. The van der Waals surface area contributed by atoms with E-state index in [-0.39, 0.29) is 0 Å². The summed E-state index contributed by atoms with van der Waals surface area (Å²) in [6.45, 7) is 12.8. The third kappa shape index (κ3) is 4.47. The van der Waals surface area contributed by atoms with Gasteiger partial charge in [-0.3, -0.25) is 0 Å². The highest BCUT2D eigenvalue weighted by atomic mass is 15.4. The molecule has 1 fully saturated rings. The molecule has 7 heteroatoms. The predicted molar refractivity (Wildman–Crippen MR) is 134 cm³/mol. The van der Waals surface area contributed by atoms with Crippen molar-refractivity contribution >= 4 is 5.65 Å². The fourth-order valence-electron chi connectivity index (χ4n) is 5.09. The van der Waals surface area contributed by atoms with Crippen molar-refractivity contribution in [3.8, 4) is 5.82 Å². The van der Waals surface area contributed by atoms with Crippen molar-refractivity contribution in [1.29, 1.82) is 0 Å². The van der Waals surface area contributed by atoms with E-state index in [1.807, 2.05) is 23.7 Å². The van der Waals surface area contributed by atoms with Crippen molar-refractivity contribution in [2.24, 2.45) is 5.92 Å². The van der Waals surface area contributed by atoms with Gasteiger partial charge in [-0.05, 0) is 82.1 Å². The Labute approximate surface area is 201 Å². The summed E-state index contributed by atoms with van der Waals surface area (Å²) in [7, 11) is 0. The van der Waals surface area contributed by atoms with E-state index in [2.05, 4.69) is 65.9 Å². The second kappa shape index (κ2) is 9.41. The summed E-state index contributed by atoms with van der Waals surface area (Å²) < 4.78 is 3.69. The molecule has 0 amide bonds. The zero-order valence-corrected chi connectivity index (χ0v) is 20.4. The molecule has 4 heterocycles. The minimum atomic E-state index is 0.742. The molecule has 1 aliphatic rings. The first-order valence-corrected chi connectivity index (χ1v) is 12.2. The predicted octanol–water partition coefficient (Wildman–Crippen LogP) is 4.64. The lowest BCUT2D eigenvalue weighted by Gasteiger charge is -2.35. The Morgan fingerprint density at radius 3 is 2.50 bits per heavy atom. The number of aromatic nitrogens is 6. The summed E-state index contributed by atoms with van der Waals surface area (Å²) in [5.41, 5.74) is 6.90. The molecule has 0 bridgehead atoms. The van der Waals surface area contributed by atoms with E-state index in [4.69, 9.17) is 10.2 Å². The number of piperidine rings is 1. The Balaban J connectivity index is 1.20. The van der Waals surface area contributed by atoms with E-state index < -0.39 is 0 Å². The molecule has 0 unspecified atom stereocenters. The van der Waals surface area contributed by atoms with Crippen LogP contribution in [0.25, 0.3) is 11.5 Å². The lowest BCUT2D eigenvalue weighted by Crippen LogP contribution is -2.33. The molecule has 1 saturated heterocycles. The fraction of sp³-hybridized carbons (Fsp3) is 0.407. The molecule has 0 aliphatic carbocycles. The van der Waals surface area contributed by atoms with Crippen molar-refractivity contribution in [3.63, 3.8) is 0 Å². The van der Waals surface area contributed by atoms with Gasteiger partial charge in [0.05, 0.1) is 5.69 Å². The molecule has 3 aromatic heterocycles. The fourth-order valence-corrected chi connectivity index (χ4v) is 5.09. The molecule has 0 atom stereocenters. The SMILES string of the molecule is C=C(CCc1c(C)nn(-c2ccc3nnc(C)n3n2)c1C)N1CCC(Cc2ccccc2)CC1. The van der Waals surface area contributed by atoms with Crippen LogP contribution >= 0.6 is 0 Å². The van der Waals surface area contributed by atoms with Crippen LogP contribution < -0.4 is 0 Å². The van der Waals surface area contributed by atoms with Gasteiger partial charge in [-0.25, -0.2) is 4.68 Å². The number of likely N-dealkylation sites (tertiary alicyclic amines) is 1. The van der Waals surface area contributed by atoms with Gasteiger partial charge in [0.25, 0.3) is 0 Å². The van der Waals surface area contributed by atoms with E-state index in [0.717, 1.165) is 60.5 Å². The number of fused-ring (bicyclic) bond motifs is 1. The maximum absolute atomic E-state index is 4.80. The molecular formula is C27H33N7. The highest BCUT2D eigenvalue weighted by Crippen LogP contribution is 2.26. The second-order valence-corrected chi connectivity index (χ2v) is 9.46.